The topological polar surface area (TPSA) is 26.3 Å². The zero-order valence-corrected chi connectivity index (χ0v) is 10.0. The van der Waals surface area contributed by atoms with Crippen molar-refractivity contribution in [3.8, 4) is 0 Å². The van der Waals surface area contributed by atoms with Crippen LogP contribution in [0, 0.1) is 5.92 Å². The van der Waals surface area contributed by atoms with E-state index in [2.05, 4.69) is 0 Å². The maximum absolute atomic E-state index is 11.6. The highest BCUT2D eigenvalue weighted by Crippen LogP contribution is 2.33. The number of hydrogen-bond donors (Lipinski definition) is 0. The molecule has 2 aliphatic carbocycles. The summed E-state index contributed by atoms with van der Waals surface area (Å²) in [4.78, 5) is 11.6. The molecule has 0 aliphatic heterocycles. The highest BCUT2D eigenvalue weighted by molar-refractivity contribution is 6.21. The van der Waals surface area contributed by atoms with Crippen molar-refractivity contribution in [1.29, 1.82) is 0 Å². The van der Waals surface area contributed by atoms with Gasteiger partial charge in [0.25, 0.3) is 0 Å². The van der Waals surface area contributed by atoms with E-state index in [1.54, 1.807) is 0 Å². The summed E-state index contributed by atoms with van der Waals surface area (Å²) in [7, 11) is 0. The van der Waals surface area contributed by atoms with Crippen molar-refractivity contribution in [3.05, 3.63) is 35.5 Å². The standard InChI is InChI=1S/C13H15ClO2/c1-2-16-13(15)9-3-5-10-7-12(14)8-11(10)6-4-9/h3-6,9,12H,2,7-8H2,1H3. The van der Waals surface area contributed by atoms with Crippen LogP contribution in [0.15, 0.2) is 35.5 Å². The van der Waals surface area contributed by atoms with E-state index < -0.39 is 0 Å². The molecular formula is C13H15ClO2. The number of ether oxygens (including phenoxy) is 1. The lowest BCUT2D eigenvalue weighted by Crippen LogP contribution is -2.13. The molecule has 0 aromatic carbocycles. The predicted molar refractivity (Wildman–Crippen MR) is 64.3 cm³/mol. The van der Waals surface area contributed by atoms with Crippen LogP contribution < -0.4 is 0 Å². The van der Waals surface area contributed by atoms with Gasteiger partial charge < -0.3 is 4.74 Å². The monoisotopic (exact) mass is 238 g/mol. The quantitative estimate of drug-likeness (QED) is 0.546. The minimum Gasteiger partial charge on any atom is -0.465 e. The van der Waals surface area contributed by atoms with Crippen LogP contribution >= 0.6 is 11.6 Å². The highest BCUT2D eigenvalue weighted by atomic mass is 35.5. The van der Waals surface area contributed by atoms with Crippen LogP contribution in [-0.2, 0) is 9.53 Å². The molecule has 0 unspecified atom stereocenters. The number of alkyl halides is 1. The van der Waals surface area contributed by atoms with Crippen molar-refractivity contribution in [2.24, 2.45) is 5.92 Å². The van der Waals surface area contributed by atoms with Crippen molar-refractivity contribution in [1.82, 2.24) is 0 Å². The number of carbonyl (C=O) groups excluding carboxylic acids is 1. The van der Waals surface area contributed by atoms with Crippen molar-refractivity contribution in [2.45, 2.75) is 25.1 Å². The van der Waals surface area contributed by atoms with E-state index in [0.717, 1.165) is 12.8 Å². The number of rotatable bonds is 2. The Morgan fingerprint density at radius 3 is 2.44 bits per heavy atom. The fourth-order valence-electron chi connectivity index (χ4n) is 2.06. The molecule has 0 fully saturated rings. The van der Waals surface area contributed by atoms with Crippen LogP contribution in [0.1, 0.15) is 19.8 Å². The first-order chi connectivity index (χ1) is 7.70. The van der Waals surface area contributed by atoms with E-state index in [1.165, 1.54) is 11.1 Å². The molecular weight excluding hydrogens is 224 g/mol. The van der Waals surface area contributed by atoms with Gasteiger partial charge in [-0.05, 0) is 30.9 Å². The molecule has 86 valence electrons. The second kappa shape index (κ2) is 4.88. The van der Waals surface area contributed by atoms with Crippen molar-refractivity contribution in [2.75, 3.05) is 6.61 Å². The zero-order valence-electron chi connectivity index (χ0n) is 9.28. The first-order valence-electron chi connectivity index (χ1n) is 5.60. The molecule has 0 radical (unpaired) electrons. The SMILES string of the molecule is CCOC(=O)C1C=CC2=C(C=C1)CC(Cl)C2. The second-order valence-electron chi connectivity index (χ2n) is 4.05. The van der Waals surface area contributed by atoms with Gasteiger partial charge in [-0.15, -0.1) is 11.6 Å². The van der Waals surface area contributed by atoms with Gasteiger partial charge >= 0.3 is 5.97 Å². The molecule has 0 atom stereocenters. The van der Waals surface area contributed by atoms with Gasteiger partial charge in [0.1, 0.15) is 0 Å². The summed E-state index contributed by atoms with van der Waals surface area (Å²) < 4.78 is 4.99. The summed E-state index contributed by atoms with van der Waals surface area (Å²) in [5, 5.41) is 0.207. The molecule has 0 spiro atoms. The minimum atomic E-state index is -0.251. The van der Waals surface area contributed by atoms with Crippen molar-refractivity contribution >= 4 is 17.6 Å². The lowest BCUT2D eigenvalue weighted by atomic mass is 10.1. The molecule has 2 aliphatic rings. The minimum absolute atomic E-state index is 0.182. The van der Waals surface area contributed by atoms with Gasteiger partial charge in [-0.3, -0.25) is 4.79 Å². The van der Waals surface area contributed by atoms with Gasteiger partial charge in [-0.2, -0.15) is 0 Å². The molecule has 2 nitrogen and oxygen atoms in total. The summed E-state index contributed by atoms with van der Waals surface area (Å²) in [6, 6.07) is 0. The zero-order chi connectivity index (χ0) is 11.5. The van der Waals surface area contributed by atoms with Crippen LogP contribution in [0.25, 0.3) is 0 Å². The van der Waals surface area contributed by atoms with E-state index in [-0.39, 0.29) is 17.3 Å². The van der Waals surface area contributed by atoms with Gasteiger partial charge in [0.05, 0.1) is 12.5 Å². The number of allylic oxidation sites excluding steroid dienone is 4. The molecule has 3 heteroatoms. The first-order valence-corrected chi connectivity index (χ1v) is 6.03. The first kappa shape index (κ1) is 11.5. The van der Waals surface area contributed by atoms with Crippen LogP contribution in [0.2, 0.25) is 0 Å². The van der Waals surface area contributed by atoms with Gasteiger partial charge in [0, 0.05) is 5.38 Å². The van der Waals surface area contributed by atoms with Crippen LogP contribution in [0.3, 0.4) is 0 Å². The lowest BCUT2D eigenvalue weighted by molar-refractivity contribution is -0.144. The average Bonchev–Trinajstić information content (AvgIpc) is 2.48. The van der Waals surface area contributed by atoms with E-state index in [9.17, 15) is 4.79 Å². The Hall–Kier alpha value is -1.02. The second-order valence-corrected chi connectivity index (χ2v) is 4.67. The molecule has 0 aromatic rings. The van der Waals surface area contributed by atoms with Gasteiger partial charge in [-0.25, -0.2) is 0 Å². The maximum Gasteiger partial charge on any atom is 0.316 e. The molecule has 0 heterocycles. The third-order valence-corrected chi connectivity index (χ3v) is 3.17. The van der Waals surface area contributed by atoms with Crippen LogP contribution in [-0.4, -0.2) is 18.0 Å². The molecule has 0 saturated carbocycles. The van der Waals surface area contributed by atoms with Gasteiger partial charge in [-0.1, -0.05) is 24.3 Å². The number of carbonyl (C=O) groups is 1. The Kier molecular flexibility index (Phi) is 3.49. The summed E-state index contributed by atoms with van der Waals surface area (Å²) in [5.74, 6) is -0.432. The number of esters is 1. The van der Waals surface area contributed by atoms with Gasteiger partial charge in [0.2, 0.25) is 0 Å². The van der Waals surface area contributed by atoms with E-state index in [4.69, 9.17) is 16.3 Å². The highest BCUT2D eigenvalue weighted by Gasteiger charge is 2.22. The normalized spacial score (nSPS) is 21.1. The Bertz CT molecular complexity index is 353. The van der Waals surface area contributed by atoms with Crippen LogP contribution in [0.5, 0.6) is 0 Å². The summed E-state index contributed by atoms with van der Waals surface area (Å²) in [6.45, 7) is 2.24. The van der Waals surface area contributed by atoms with Crippen molar-refractivity contribution < 1.29 is 9.53 Å². The molecule has 0 bridgehead atoms. The number of hydrogen-bond acceptors (Lipinski definition) is 2. The van der Waals surface area contributed by atoms with Crippen LogP contribution in [0.4, 0.5) is 0 Å². The lowest BCUT2D eigenvalue weighted by Gasteiger charge is -2.06. The molecule has 16 heavy (non-hydrogen) atoms. The Morgan fingerprint density at radius 2 is 1.94 bits per heavy atom. The molecule has 0 N–H and O–H groups in total. The Labute approximate surface area is 101 Å². The largest absolute Gasteiger partial charge is 0.465 e. The summed E-state index contributed by atoms with van der Waals surface area (Å²) >= 11 is 6.09. The van der Waals surface area contributed by atoms with Gasteiger partial charge in [0.15, 0.2) is 0 Å². The Morgan fingerprint density at radius 1 is 1.38 bits per heavy atom. The van der Waals surface area contributed by atoms with E-state index in [1.807, 2.05) is 31.2 Å². The third-order valence-electron chi connectivity index (χ3n) is 2.86. The van der Waals surface area contributed by atoms with E-state index >= 15 is 0 Å². The Balaban J connectivity index is 2.09. The van der Waals surface area contributed by atoms with E-state index in [0.29, 0.717) is 6.61 Å². The molecule has 2 rings (SSSR count). The average molecular weight is 239 g/mol. The number of halogens is 1. The fourth-order valence-corrected chi connectivity index (χ4v) is 2.39. The summed E-state index contributed by atoms with van der Waals surface area (Å²) in [6.07, 6.45) is 9.61. The molecule has 0 aromatic heterocycles. The maximum atomic E-state index is 11.6. The molecule has 0 amide bonds. The molecule has 0 saturated heterocycles. The van der Waals surface area contributed by atoms with Crippen molar-refractivity contribution in [3.63, 3.8) is 0 Å². The fraction of sp³-hybridized carbons (Fsp3) is 0.462. The smallest absolute Gasteiger partial charge is 0.316 e. The predicted octanol–water partition coefficient (Wildman–Crippen LogP) is 2.99. The third kappa shape index (κ3) is 2.38. The summed E-state index contributed by atoms with van der Waals surface area (Å²) in [5.41, 5.74) is 2.51.